The number of likely N-dealkylation sites (tertiary alicyclic amines) is 1. The van der Waals surface area contributed by atoms with Crippen LogP contribution in [0.1, 0.15) is 19.4 Å². The predicted molar refractivity (Wildman–Crippen MR) is 45.8 cm³/mol. The molecule has 4 nitrogen and oxygen atoms in total. The van der Waals surface area contributed by atoms with E-state index in [1.54, 1.807) is 6.20 Å². The van der Waals surface area contributed by atoms with Crippen LogP contribution in [-0.2, 0) is 0 Å². The molecule has 66 valence electrons. The topological polar surface area (TPSA) is 34.0 Å². The summed E-state index contributed by atoms with van der Waals surface area (Å²) in [6.45, 7) is 5.70. The third-order valence-electron chi connectivity index (χ3n) is 2.29. The van der Waals surface area contributed by atoms with Gasteiger partial charge in [0, 0.05) is 19.3 Å². The minimum atomic E-state index is 0.569. The summed E-state index contributed by atoms with van der Waals surface area (Å²) in [5, 5.41) is 7.76. The summed E-state index contributed by atoms with van der Waals surface area (Å²) in [4.78, 5) is 2.44. The van der Waals surface area contributed by atoms with Gasteiger partial charge in [0.25, 0.3) is 0 Å². The average molecular weight is 166 g/mol. The zero-order valence-corrected chi connectivity index (χ0v) is 7.35. The number of rotatable bonds is 3. The van der Waals surface area contributed by atoms with Gasteiger partial charge in [0.1, 0.15) is 0 Å². The summed E-state index contributed by atoms with van der Waals surface area (Å²) < 4.78 is 1.95. The van der Waals surface area contributed by atoms with Crippen molar-refractivity contribution in [1.82, 2.24) is 19.9 Å². The fraction of sp³-hybridized carbons (Fsp3) is 0.750. The average Bonchev–Trinajstić information content (AvgIpc) is 2.47. The Morgan fingerprint density at radius 1 is 1.50 bits per heavy atom. The summed E-state index contributed by atoms with van der Waals surface area (Å²) in [6.07, 6.45) is 4.92. The van der Waals surface area contributed by atoms with Crippen LogP contribution in [-0.4, -0.2) is 39.5 Å². The van der Waals surface area contributed by atoms with E-state index >= 15 is 0 Å². The van der Waals surface area contributed by atoms with E-state index in [-0.39, 0.29) is 0 Å². The minimum absolute atomic E-state index is 0.569. The van der Waals surface area contributed by atoms with Crippen LogP contribution in [0.3, 0.4) is 0 Å². The van der Waals surface area contributed by atoms with Crippen LogP contribution in [0.2, 0.25) is 0 Å². The van der Waals surface area contributed by atoms with Gasteiger partial charge in [0.05, 0.1) is 12.2 Å². The van der Waals surface area contributed by atoms with E-state index in [9.17, 15) is 0 Å². The van der Waals surface area contributed by atoms with Gasteiger partial charge in [-0.15, -0.1) is 5.10 Å². The fourth-order valence-electron chi connectivity index (χ4n) is 1.62. The highest BCUT2D eigenvalue weighted by Crippen LogP contribution is 2.19. The number of nitrogens with zero attached hydrogens (tertiary/aromatic N) is 4. The molecule has 4 heteroatoms. The van der Waals surface area contributed by atoms with Crippen molar-refractivity contribution in [2.75, 3.05) is 19.6 Å². The molecule has 12 heavy (non-hydrogen) atoms. The highest BCUT2D eigenvalue weighted by molar-refractivity contribution is 4.85. The molecule has 2 rings (SSSR count). The van der Waals surface area contributed by atoms with Gasteiger partial charge in [-0.2, -0.15) is 0 Å². The molecule has 1 aromatic heterocycles. The SMILES string of the molecule is CCCN1CC(n2ccnn2)C1. The Kier molecular flexibility index (Phi) is 2.08. The highest BCUT2D eigenvalue weighted by Gasteiger charge is 2.27. The molecule has 1 fully saturated rings. The maximum Gasteiger partial charge on any atom is 0.0790 e. The molecule has 0 bridgehead atoms. The third-order valence-corrected chi connectivity index (χ3v) is 2.29. The van der Waals surface area contributed by atoms with Crippen molar-refractivity contribution in [1.29, 1.82) is 0 Å². The number of hydrogen-bond donors (Lipinski definition) is 0. The molecule has 0 spiro atoms. The molecule has 0 atom stereocenters. The van der Waals surface area contributed by atoms with Crippen LogP contribution in [0.4, 0.5) is 0 Å². The minimum Gasteiger partial charge on any atom is -0.299 e. The molecule has 1 aromatic rings. The van der Waals surface area contributed by atoms with Crippen LogP contribution < -0.4 is 0 Å². The zero-order valence-electron chi connectivity index (χ0n) is 7.35. The first-order valence-electron chi connectivity index (χ1n) is 4.48. The van der Waals surface area contributed by atoms with Gasteiger partial charge in [-0.3, -0.25) is 4.90 Å². The molecular formula is C8H14N4. The second-order valence-electron chi connectivity index (χ2n) is 3.30. The second kappa shape index (κ2) is 3.23. The van der Waals surface area contributed by atoms with Crippen molar-refractivity contribution in [3.05, 3.63) is 12.4 Å². The molecule has 0 aromatic carbocycles. The van der Waals surface area contributed by atoms with E-state index in [0.29, 0.717) is 6.04 Å². The lowest BCUT2D eigenvalue weighted by atomic mass is 10.1. The lowest BCUT2D eigenvalue weighted by molar-refractivity contribution is 0.0976. The Morgan fingerprint density at radius 3 is 2.92 bits per heavy atom. The van der Waals surface area contributed by atoms with Gasteiger partial charge in [-0.05, 0) is 13.0 Å². The number of aromatic nitrogens is 3. The molecule has 1 aliphatic heterocycles. The first-order valence-corrected chi connectivity index (χ1v) is 4.48. The monoisotopic (exact) mass is 166 g/mol. The van der Waals surface area contributed by atoms with E-state index in [1.165, 1.54) is 13.0 Å². The highest BCUT2D eigenvalue weighted by atomic mass is 15.5. The van der Waals surface area contributed by atoms with Crippen LogP contribution >= 0.6 is 0 Å². The Hall–Kier alpha value is -0.900. The van der Waals surface area contributed by atoms with Gasteiger partial charge in [-0.1, -0.05) is 12.1 Å². The maximum atomic E-state index is 3.97. The molecule has 0 saturated carbocycles. The standard InChI is InChI=1S/C8H14N4/c1-2-4-11-6-8(7-11)12-5-3-9-10-12/h3,5,8H,2,4,6-7H2,1H3. The molecule has 0 unspecified atom stereocenters. The Bertz CT molecular complexity index is 225. The van der Waals surface area contributed by atoms with Crippen LogP contribution in [0.5, 0.6) is 0 Å². The molecule has 2 heterocycles. The van der Waals surface area contributed by atoms with E-state index < -0.39 is 0 Å². The van der Waals surface area contributed by atoms with Gasteiger partial charge in [0.2, 0.25) is 0 Å². The maximum absolute atomic E-state index is 3.97. The molecule has 0 radical (unpaired) electrons. The van der Waals surface area contributed by atoms with Crippen molar-refractivity contribution in [2.45, 2.75) is 19.4 Å². The van der Waals surface area contributed by atoms with Crippen LogP contribution in [0.15, 0.2) is 12.4 Å². The summed E-state index contributed by atoms with van der Waals surface area (Å²) in [5.74, 6) is 0. The van der Waals surface area contributed by atoms with E-state index in [2.05, 4.69) is 22.1 Å². The van der Waals surface area contributed by atoms with Gasteiger partial charge >= 0.3 is 0 Å². The molecule has 1 saturated heterocycles. The molecular weight excluding hydrogens is 152 g/mol. The summed E-state index contributed by atoms with van der Waals surface area (Å²) in [6, 6.07) is 0.569. The largest absolute Gasteiger partial charge is 0.299 e. The molecule has 0 amide bonds. The molecule has 0 aliphatic carbocycles. The van der Waals surface area contributed by atoms with Crippen LogP contribution in [0, 0.1) is 0 Å². The van der Waals surface area contributed by atoms with Gasteiger partial charge < -0.3 is 0 Å². The van der Waals surface area contributed by atoms with Crippen LogP contribution in [0.25, 0.3) is 0 Å². The van der Waals surface area contributed by atoms with E-state index in [4.69, 9.17) is 0 Å². The summed E-state index contributed by atoms with van der Waals surface area (Å²) in [5.41, 5.74) is 0. The number of hydrogen-bond acceptors (Lipinski definition) is 3. The van der Waals surface area contributed by atoms with Crippen molar-refractivity contribution < 1.29 is 0 Å². The Balaban J connectivity index is 1.82. The van der Waals surface area contributed by atoms with Crippen molar-refractivity contribution >= 4 is 0 Å². The third kappa shape index (κ3) is 1.34. The lowest BCUT2D eigenvalue weighted by Gasteiger charge is -2.38. The van der Waals surface area contributed by atoms with E-state index in [0.717, 1.165) is 13.1 Å². The Morgan fingerprint density at radius 2 is 2.33 bits per heavy atom. The van der Waals surface area contributed by atoms with Crippen molar-refractivity contribution in [2.24, 2.45) is 0 Å². The lowest BCUT2D eigenvalue weighted by Crippen LogP contribution is -2.47. The molecule has 1 aliphatic rings. The fourth-order valence-corrected chi connectivity index (χ4v) is 1.62. The normalized spacial score (nSPS) is 19.4. The van der Waals surface area contributed by atoms with E-state index in [1.807, 2.05) is 10.9 Å². The van der Waals surface area contributed by atoms with Gasteiger partial charge in [-0.25, -0.2) is 4.68 Å². The summed E-state index contributed by atoms with van der Waals surface area (Å²) in [7, 11) is 0. The van der Waals surface area contributed by atoms with Crippen molar-refractivity contribution in [3.8, 4) is 0 Å². The quantitative estimate of drug-likeness (QED) is 0.657. The van der Waals surface area contributed by atoms with Gasteiger partial charge in [0.15, 0.2) is 0 Å². The zero-order chi connectivity index (χ0) is 8.39. The first-order chi connectivity index (χ1) is 5.90. The smallest absolute Gasteiger partial charge is 0.0790 e. The first kappa shape index (κ1) is 7.73. The molecule has 0 N–H and O–H groups in total. The second-order valence-corrected chi connectivity index (χ2v) is 3.30. The van der Waals surface area contributed by atoms with Crippen molar-refractivity contribution in [3.63, 3.8) is 0 Å². The predicted octanol–water partition coefficient (Wildman–Crippen LogP) is 0.545. The Labute approximate surface area is 72.2 Å². The summed E-state index contributed by atoms with van der Waals surface area (Å²) >= 11 is 0.